The fourth-order valence-electron chi connectivity index (χ4n) is 4.61. The van der Waals surface area contributed by atoms with Gasteiger partial charge >= 0.3 is 0 Å². The van der Waals surface area contributed by atoms with Crippen molar-refractivity contribution in [2.45, 2.75) is 26.8 Å². The van der Waals surface area contributed by atoms with Crippen LogP contribution in [-0.2, 0) is 13.0 Å². The highest BCUT2D eigenvalue weighted by Gasteiger charge is 2.33. The molecule has 2 aliphatic rings. The lowest BCUT2D eigenvalue weighted by atomic mass is 10.0. The third-order valence-corrected chi connectivity index (χ3v) is 6.63. The number of hydrogen-bond donors (Lipinski definition) is 0. The van der Waals surface area contributed by atoms with Gasteiger partial charge in [0.15, 0.2) is 5.76 Å². The molecule has 6 heteroatoms. The normalized spacial score (nSPS) is 16.0. The molecule has 0 saturated carbocycles. The maximum atomic E-state index is 13.2. The van der Waals surface area contributed by atoms with Crippen LogP contribution in [0.15, 0.2) is 66.4 Å². The second-order valence-corrected chi connectivity index (χ2v) is 8.82. The van der Waals surface area contributed by atoms with Crippen molar-refractivity contribution in [2.24, 2.45) is 0 Å². The number of fused-ring (bicyclic) bond motifs is 3. The number of carbonyl (C=O) groups excluding carboxylic acids is 1. The van der Waals surface area contributed by atoms with E-state index >= 15 is 0 Å². The highest BCUT2D eigenvalue weighted by Crippen LogP contribution is 2.42. The summed E-state index contributed by atoms with van der Waals surface area (Å²) < 4.78 is 25.3. The van der Waals surface area contributed by atoms with E-state index in [2.05, 4.69) is 35.8 Å². The largest absolute Gasteiger partial charge is 0.478 e. The second-order valence-electron chi connectivity index (χ2n) is 8.82. The first-order valence-corrected chi connectivity index (χ1v) is 12.1. The molecule has 35 heavy (non-hydrogen) atoms. The third kappa shape index (κ3) is 4.80. The molecule has 0 saturated heterocycles. The zero-order valence-corrected chi connectivity index (χ0v) is 20.1. The Morgan fingerprint density at radius 2 is 1.74 bits per heavy atom. The highest BCUT2D eigenvalue weighted by molar-refractivity contribution is 6.15. The monoisotopic (exact) mass is 472 g/mol. The van der Waals surface area contributed by atoms with Gasteiger partial charge in [-0.2, -0.15) is 0 Å². The van der Waals surface area contributed by atoms with E-state index in [0.717, 1.165) is 54.2 Å². The van der Waals surface area contributed by atoms with Gasteiger partial charge in [0.25, 0.3) is 0 Å². The lowest BCUT2D eigenvalue weighted by Gasteiger charge is -2.29. The molecule has 0 amide bonds. The third-order valence-electron chi connectivity index (χ3n) is 6.63. The Morgan fingerprint density at radius 3 is 2.46 bits per heavy atom. The number of halogens is 1. The van der Waals surface area contributed by atoms with E-state index in [1.165, 1.54) is 12.1 Å². The van der Waals surface area contributed by atoms with E-state index < -0.39 is 0 Å². The molecule has 0 N–H and O–H groups in total. The molecule has 3 aromatic rings. The Morgan fingerprint density at radius 1 is 1.00 bits per heavy atom. The van der Waals surface area contributed by atoms with Crippen LogP contribution in [0.3, 0.4) is 0 Å². The van der Waals surface area contributed by atoms with Crippen LogP contribution in [0.25, 0.3) is 6.08 Å². The molecule has 0 spiro atoms. The summed E-state index contributed by atoms with van der Waals surface area (Å²) >= 11 is 0. The van der Waals surface area contributed by atoms with Gasteiger partial charge in [-0.3, -0.25) is 9.69 Å². The van der Waals surface area contributed by atoms with Crippen LogP contribution in [0.2, 0.25) is 0 Å². The molecule has 0 bridgehead atoms. The summed E-state index contributed by atoms with van der Waals surface area (Å²) in [5, 5.41) is 0. The number of nitrogens with zero attached hydrogens (tertiary/aromatic N) is 2. The van der Waals surface area contributed by atoms with Gasteiger partial charge in [-0.15, -0.1) is 0 Å². The zero-order valence-electron chi connectivity index (χ0n) is 20.1. The van der Waals surface area contributed by atoms with Crippen LogP contribution >= 0.6 is 0 Å². The standard InChI is InChI=1S/C29H29FN2O3/c1-3-32(4-2)23-11-7-21(8-12-23)17-27-28(33)24-13-14-26-25(29(24)35-27)18-31(19-34-26)16-15-20-5-9-22(30)10-6-20/h5-14,17H,3-4,15-16,18-19H2,1-2H3/b27-17-. The maximum Gasteiger partial charge on any atom is 0.231 e. The molecule has 0 aromatic heterocycles. The lowest BCUT2D eigenvalue weighted by molar-refractivity contribution is 0.0949. The van der Waals surface area contributed by atoms with E-state index in [1.54, 1.807) is 24.3 Å². The smallest absolute Gasteiger partial charge is 0.231 e. The van der Waals surface area contributed by atoms with Crippen LogP contribution in [-0.4, -0.2) is 37.0 Å². The molecule has 0 unspecified atom stereocenters. The van der Waals surface area contributed by atoms with E-state index in [1.807, 2.05) is 18.2 Å². The van der Waals surface area contributed by atoms with Gasteiger partial charge in [-0.25, -0.2) is 4.39 Å². The van der Waals surface area contributed by atoms with Gasteiger partial charge in [-0.05, 0) is 73.9 Å². The Hall–Kier alpha value is -3.64. The first-order valence-electron chi connectivity index (χ1n) is 12.1. The topological polar surface area (TPSA) is 42.0 Å². The van der Waals surface area contributed by atoms with Gasteiger partial charge < -0.3 is 14.4 Å². The van der Waals surface area contributed by atoms with Gasteiger partial charge in [0.2, 0.25) is 5.78 Å². The Balaban J connectivity index is 1.32. The number of carbonyl (C=O) groups is 1. The van der Waals surface area contributed by atoms with Gasteiger partial charge in [0.1, 0.15) is 24.0 Å². The van der Waals surface area contributed by atoms with E-state index in [-0.39, 0.29) is 11.6 Å². The summed E-state index contributed by atoms with van der Waals surface area (Å²) in [6, 6.07) is 18.4. The number of ketones is 1. The maximum absolute atomic E-state index is 13.2. The molecule has 2 heterocycles. The molecule has 2 aliphatic heterocycles. The highest BCUT2D eigenvalue weighted by atomic mass is 19.1. The fourth-order valence-corrected chi connectivity index (χ4v) is 4.61. The molecule has 0 aliphatic carbocycles. The summed E-state index contributed by atoms with van der Waals surface area (Å²) in [6.45, 7) is 8.00. The lowest BCUT2D eigenvalue weighted by Crippen LogP contribution is -2.33. The predicted octanol–water partition coefficient (Wildman–Crippen LogP) is 5.68. The van der Waals surface area contributed by atoms with Crippen molar-refractivity contribution in [2.75, 3.05) is 31.3 Å². The number of ether oxygens (including phenoxy) is 2. The minimum absolute atomic E-state index is 0.112. The van der Waals surface area contributed by atoms with Crippen molar-refractivity contribution in [1.29, 1.82) is 0 Å². The number of allylic oxidation sites excluding steroid dienone is 1. The fraction of sp³-hybridized carbons (Fsp3) is 0.276. The van der Waals surface area contributed by atoms with Crippen molar-refractivity contribution >= 4 is 17.5 Å². The average molecular weight is 473 g/mol. The Labute approximate surface area is 205 Å². The molecule has 180 valence electrons. The van der Waals surface area contributed by atoms with Crippen LogP contribution in [0.5, 0.6) is 11.5 Å². The zero-order chi connectivity index (χ0) is 24.4. The van der Waals surface area contributed by atoms with Gasteiger partial charge in [0, 0.05) is 31.9 Å². The van der Waals surface area contributed by atoms with Crippen LogP contribution < -0.4 is 14.4 Å². The Bertz CT molecular complexity index is 1250. The number of hydrogen-bond acceptors (Lipinski definition) is 5. The van der Waals surface area contributed by atoms with Crippen molar-refractivity contribution in [3.8, 4) is 11.5 Å². The minimum atomic E-state index is -0.231. The molecule has 5 nitrogen and oxygen atoms in total. The molecule has 3 aromatic carbocycles. The van der Waals surface area contributed by atoms with Crippen molar-refractivity contribution in [1.82, 2.24) is 4.90 Å². The van der Waals surface area contributed by atoms with Crippen LogP contribution in [0, 0.1) is 5.82 Å². The first kappa shape index (κ1) is 23.1. The summed E-state index contributed by atoms with van der Waals surface area (Å²) in [7, 11) is 0. The number of anilines is 1. The molecule has 0 atom stereocenters. The number of Topliss-reactive ketones (excluding diaryl/α,β-unsaturated/α-hetero) is 1. The Kier molecular flexibility index (Phi) is 6.55. The summed E-state index contributed by atoms with van der Waals surface area (Å²) in [5.41, 5.74) is 4.61. The number of benzene rings is 3. The number of rotatable bonds is 7. The van der Waals surface area contributed by atoms with Crippen molar-refractivity contribution in [3.05, 3.63) is 94.5 Å². The molecule has 5 rings (SSSR count). The molecular weight excluding hydrogens is 443 g/mol. The van der Waals surface area contributed by atoms with Crippen LogP contribution in [0.4, 0.5) is 10.1 Å². The van der Waals surface area contributed by atoms with E-state index in [9.17, 15) is 9.18 Å². The predicted molar refractivity (Wildman–Crippen MR) is 135 cm³/mol. The minimum Gasteiger partial charge on any atom is -0.478 e. The van der Waals surface area contributed by atoms with Gasteiger partial charge in [0.05, 0.1) is 11.1 Å². The SMILES string of the molecule is CCN(CC)c1ccc(/C=C2\Oc3c(ccc4c3CN(CCc3ccc(F)cc3)CO4)C2=O)cc1. The quantitative estimate of drug-likeness (QED) is 0.414. The molecule has 0 radical (unpaired) electrons. The molecular formula is C29H29FN2O3. The summed E-state index contributed by atoms with van der Waals surface area (Å²) in [5.74, 6) is 1.32. The van der Waals surface area contributed by atoms with Crippen molar-refractivity contribution < 1.29 is 18.7 Å². The van der Waals surface area contributed by atoms with Gasteiger partial charge in [-0.1, -0.05) is 24.3 Å². The first-order chi connectivity index (χ1) is 17.1. The van der Waals surface area contributed by atoms with Crippen LogP contribution in [0.1, 0.15) is 40.9 Å². The van der Waals surface area contributed by atoms with E-state index in [0.29, 0.717) is 30.3 Å². The second kappa shape index (κ2) is 9.92. The molecule has 0 fully saturated rings. The summed E-state index contributed by atoms with van der Waals surface area (Å²) in [4.78, 5) is 17.5. The summed E-state index contributed by atoms with van der Waals surface area (Å²) in [6.07, 6.45) is 2.58. The average Bonchev–Trinajstić information content (AvgIpc) is 3.20. The van der Waals surface area contributed by atoms with E-state index in [4.69, 9.17) is 9.47 Å². The van der Waals surface area contributed by atoms with Crippen molar-refractivity contribution in [3.63, 3.8) is 0 Å².